The number of carbonyl (C=O) groups is 2. The number of carbonyl (C=O) groups excluding carboxylic acids is 2. The van der Waals surface area contributed by atoms with E-state index < -0.39 is 5.60 Å². The average Bonchev–Trinajstić information content (AvgIpc) is 3.26. The molecule has 9 heteroatoms. The van der Waals surface area contributed by atoms with Gasteiger partial charge < -0.3 is 14.5 Å². The SMILES string of the molecule is Cc1nc(-c2ccc(Cl)s2)sc1C(=O)N1CCC(CN(C)C(=O)OC(C)(C)C)CC1. The fraction of sp³-hybridized carbons (Fsp3) is 0.571. The number of hydrogen-bond acceptors (Lipinski definition) is 6. The summed E-state index contributed by atoms with van der Waals surface area (Å²) in [6.07, 6.45) is 1.43. The average molecular weight is 470 g/mol. The predicted molar refractivity (Wildman–Crippen MR) is 123 cm³/mol. The molecule has 3 heterocycles. The second-order valence-electron chi connectivity index (χ2n) is 8.63. The van der Waals surface area contributed by atoms with Crippen molar-refractivity contribution in [3.8, 4) is 9.88 Å². The lowest BCUT2D eigenvalue weighted by Crippen LogP contribution is -2.43. The summed E-state index contributed by atoms with van der Waals surface area (Å²) in [4.78, 5) is 35.0. The van der Waals surface area contributed by atoms with Crippen LogP contribution in [0.25, 0.3) is 9.88 Å². The largest absolute Gasteiger partial charge is 0.444 e. The Morgan fingerprint density at radius 3 is 2.50 bits per heavy atom. The van der Waals surface area contributed by atoms with E-state index >= 15 is 0 Å². The van der Waals surface area contributed by atoms with Crippen LogP contribution in [0.5, 0.6) is 0 Å². The second-order valence-corrected chi connectivity index (χ2v) is 11.3. The molecule has 0 atom stereocenters. The molecular weight excluding hydrogens is 442 g/mol. The highest BCUT2D eigenvalue weighted by molar-refractivity contribution is 7.24. The maximum atomic E-state index is 13.1. The van der Waals surface area contributed by atoms with Gasteiger partial charge in [-0.3, -0.25) is 4.79 Å². The first-order valence-electron chi connectivity index (χ1n) is 10.00. The van der Waals surface area contributed by atoms with Gasteiger partial charge in [-0.05, 0) is 58.6 Å². The van der Waals surface area contributed by atoms with Crippen LogP contribution in [-0.2, 0) is 4.74 Å². The molecule has 0 saturated carbocycles. The minimum Gasteiger partial charge on any atom is -0.444 e. The second kappa shape index (κ2) is 9.24. The molecule has 0 radical (unpaired) electrons. The summed E-state index contributed by atoms with van der Waals surface area (Å²) in [5.41, 5.74) is 0.261. The molecule has 2 aromatic heterocycles. The number of aryl methyl sites for hydroxylation is 1. The molecule has 1 aliphatic heterocycles. The molecule has 1 saturated heterocycles. The molecule has 0 bridgehead atoms. The van der Waals surface area contributed by atoms with Crippen LogP contribution in [0.1, 0.15) is 49.0 Å². The highest BCUT2D eigenvalue weighted by atomic mass is 35.5. The van der Waals surface area contributed by atoms with Crippen LogP contribution in [-0.4, -0.2) is 59.1 Å². The third-order valence-electron chi connectivity index (χ3n) is 4.91. The zero-order chi connectivity index (χ0) is 22.1. The summed E-state index contributed by atoms with van der Waals surface area (Å²) < 4.78 is 6.13. The number of halogens is 1. The van der Waals surface area contributed by atoms with Gasteiger partial charge in [-0.15, -0.1) is 22.7 Å². The van der Waals surface area contributed by atoms with Crippen LogP contribution in [0.2, 0.25) is 4.34 Å². The summed E-state index contributed by atoms with van der Waals surface area (Å²) in [5.74, 6) is 0.399. The van der Waals surface area contributed by atoms with Gasteiger partial charge in [0.05, 0.1) is 14.9 Å². The number of rotatable bonds is 4. The van der Waals surface area contributed by atoms with Crippen LogP contribution in [0.4, 0.5) is 4.79 Å². The Morgan fingerprint density at radius 1 is 1.27 bits per heavy atom. The molecule has 0 N–H and O–H groups in total. The normalized spacial score (nSPS) is 15.3. The Balaban J connectivity index is 1.56. The summed E-state index contributed by atoms with van der Waals surface area (Å²) >= 11 is 8.93. The van der Waals surface area contributed by atoms with E-state index in [1.807, 2.05) is 44.7 Å². The third kappa shape index (κ3) is 5.74. The van der Waals surface area contributed by atoms with Gasteiger partial charge in [0.15, 0.2) is 0 Å². The molecule has 0 unspecified atom stereocenters. The van der Waals surface area contributed by atoms with Crippen molar-refractivity contribution < 1.29 is 14.3 Å². The molecule has 1 fully saturated rings. The monoisotopic (exact) mass is 469 g/mol. The van der Waals surface area contributed by atoms with Gasteiger partial charge in [0.2, 0.25) is 0 Å². The van der Waals surface area contributed by atoms with Gasteiger partial charge in [0.25, 0.3) is 5.91 Å². The molecule has 30 heavy (non-hydrogen) atoms. The highest BCUT2D eigenvalue weighted by Gasteiger charge is 2.29. The molecular formula is C21H28ClN3O3S2. The van der Waals surface area contributed by atoms with Crippen LogP contribution in [0, 0.1) is 12.8 Å². The molecule has 1 aliphatic rings. The van der Waals surface area contributed by atoms with Crippen LogP contribution in [0.3, 0.4) is 0 Å². The summed E-state index contributed by atoms with van der Waals surface area (Å²) in [5, 5.41) is 0.835. The Labute approximate surface area is 190 Å². The number of nitrogens with zero attached hydrogens (tertiary/aromatic N) is 3. The highest BCUT2D eigenvalue weighted by Crippen LogP contribution is 2.35. The van der Waals surface area contributed by atoms with Crippen LogP contribution >= 0.6 is 34.3 Å². The van der Waals surface area contributed by atoms with Gasteiger partial charge in [-0.2, -0.15) is 0 Å². The van der Waals surface area contributed by atoms with E-state index in [1.165, 1.54) is 22.7 Å². The molecule has 0 aliphatic carbocycles. The molecule has 0 spiro atoms. The Hall–Kier alpha value is -1.64. The number of ether oxygens (including phenoxy) is 1. The molecule has 3 rings (SSSR count). The van der Waals surface area contributed by atoms with E-state index in [1.54, 1.807) is 11.9 Å². The van der Waals surface area contributed by atoms with Crippen molar-refractivity contribution in [1.82, 2.24) is 14.8 Å². The quantitative estimate of drug-likeness (QED) is 0.588. The summed E-state index contributed by atoms with van der Waals surface area (Å²) in [6, 6.07) is 3.78. The standard InChI is InChI=1S/C21H28ClN3O3S2/c1-13-17(30-18(23-13)15-6-7-16(22)29-15)19(26)25-10-8-14(9-11-25)12-24(5)20(27)28-21(2,3)4/h6-7,14H,8-12H2,1-5H3. The Kier molecular flexibility index (Phi) is 7.09. The van der Waals surface area contributed by atoms with Crippen molar-refractivity contribution in [2.75, 3.05) is 26.7 Å². The lowest BCUT2D eigenvalue weighted by molar-refractivity contribution is 0.0246. The van der Waals surface area contributed by atoms with Gasteiger partial charge in [0, 0.05) is 26.7 Å². The van der Waals surface area contributed by atoms with Crippen molar-refractivity contribution in [1.29, 1.82) is 0 Å². The maximum absolute atomic E-state index is 13.1. The minimum absolute atomic E-state index is 0.0397. The van der Waals surface area contributed by atoms with Crippen molar-refractivity contribution in [3.63, 3.8) is 0 Å². The minimum atomic E-state index is -0.499. The first kappa shape index (κ1) is 23.0. The van der Waals surface area contributed by atoms with Crippen molar-refractivity contribution in [3.05, 3.63) is 27.0 Å². The van der Waals surface area contributed by atoms with Gasteiger partial charge in [-0.1, -0.05) is 11.6 Å². The van der Waals surface area contributed by atoms with E-state index in [0.29, 0.717) is 34.8 Å². The first-order chi connectivity index (χ1) is 14.0. The molecule has 164 valence electrons. The van der Waals surface area contributed by atoms with Crippen molar-refractivity contribution >= 4 is 46.3 Å². The number of thiazole rings is 1. The number of likely N-dealkylation sites (tertiary alicyclic amines) is 1. The zero-order valence-corrected chi connectivity index (χ0v) is 20.4. The fourth-order valence-corrected chi connectivity index (χ4v) is 5.53. The fourth-order valence-electron chi connectivity index (χ4n) is 3.39. The van der Waals surface area contributed by atoms with E-state index in [2.05, 4.69) is 4.98 Å². The lowest BCUT2D eigenvalue weighted by Gasteiger charge is -2.34. The third-order valence-corrected chi connectivity index (χ3v) is 7.46. The molecule has 6 nitrogen and oxygen atoms in total. The van der Waals surface area contributed by atoms with Crippen molar-refractivity contribution in [2.24, 2.45) is 5.92 Å². The summed E-state index contributed by atoms with van der Waals surface area (Å²) in [6.45, 7) is 9.48. The maximum Gasteiger partial charge on any atom is 0.410 e. The first-order valence-corrected chi connectivity index (χ1v) is 12.0. The molecule has 2 amide bonds. The number of piperidine rings is 1. The smallest absolute Gasteiger partial charge is 0.410 e. The van der Waals surface area contributed by atoms with E-state index in [0.717, 1.165) is 28.4 Å². The number of hydrogen-bond donors (Lipinski definition) is 0. The topological polar surface area (TPSA) is 62.7 Å². The van der Waals surface area contributed by atoms with Crippen LogP contribution < -0.4 is 0 Å². The van der Waals surface area contributed by atoms with E-state index in [9.17, 15) is 9.59 Å². The van der Waals surface area contributed by atoms with Gasteiger partial charge in [0.1, 0.15) is 15.5 Å². The zero-order valence-electron chi connectivity index (χ0n) is 18.0. The van der Waals surface area contributed by atoms with E-state index in [-0.39, 0.29) is 12.0 Å². The lowest BCUT2D eigenvalue weighted by atomic mass is 9.96. The number of aromatic nitrogens is 1. The van der Waals surface area contributed by atoms with Crippen molar-refractivity contribution in [2.45, 2.75) is 46.1 Å². The van der Waals surface area contributed by atoms with Crippen LogP contribution in [0.15, 0.2) is 12.1 Å². The van der Waals surface area contributed by atoms with E-state index in [4.69, 9.17) is 16.3 Å². The molecule has 0 aromatic carbocycles. The Morgan fingerprint density at radius 2 is 1.93 bits per heavy atom. The summed E-state index contributed by atoms with van der Waals surface area (Å²) in [7, 11) is 1.77. The van der Waals surface area contributed by atoms with Gasteiger partial charge in [-0.25, -0.2) is 9.78 Å². The number of amides is 2. The Bertz CT molecular complexity index is 911. The van der Waals surface area contributed by atoms with Gasteiger partial charge >= 0.3 is 6.09 Å². The number of thiophene rings is 1. The molecule has 2 aromatic rings. The predicted octanol–water partition coefficient (Wildman–Crippen LogP) is 5.55.